The minimum Gasteiger partial charge on any atom is -0.351 e. The van der Waals surface area contributed by atoms with Gasteiger partial charge >= 0.3 is 0 Å². The molecule has 1 saturated heterocycles. The summed E-state index contributed by atoms with van der Waals surface area (Å²) in [5.74, 6) is -0.671. The Balaban J connectivity index is 1.42. The Morgan fingerprint density at radius 3 is 2.26 bits per heavy atom. The molecule has 4 rings (SSSR count). The Bertz CT molecular complexity index is 992. The zero-order valence-electron chi connectivity index (χ0n) is 14.4. The maximum absolute atomic E-state index is 13.7. The van der Waals surface area contributed by atoms with Crippen LogP contribution in [-0.2, 0) is 0 Å². The van der Waals surface area contributed by atoms with E-state index in [1.807, 2.05) is 52.9 Å². The number of nitrogens with zero attached hydrogens (tertiary/aromatic N) is 2. The fraction of sp³-hybridized carbons (Fsp3) is 0.200. The van der Waals surface area contributed by atoms with Crippen LogP contribution in [0.25, 0.3) is 10.9 Å². The summed E-state index contributed by atoms with van der Waals surface area (Å²) in [5.41, 5.74) is 1.81. The van der Waals surface area contributed by atoms with E-state index < -0.39 is 5.82 Å². The van der Waals surface area contributed by atoms with E-state index in [0.717, 1.165) is 10.9 Å². The summed E-state index contributed by atoms with van der Waals surface area (Å²) in [7, 11) is 0. The number of halogens is 2. The lowest BCUT2D eigenvalue weighted by Gasteiger charge is -2.34. The average molecular weight is 477 g/mol. The van der Waals surface area contributed by atoms with Crippen molar-refractivity contribution < 1.29 is 14.0 Å². The number of benzene rings is 2. The summed E-state index contributed by atoms with van der Waals surface area (Å²) in [6.45, 7) is 1.76. The van der Waals surface area contributed by atoms with Gasteiger partial charge in [-0.1, -0.05) is 18.2 Å². The van der Waals surface area contributed by atoms with Gasteiger partial charge < -0.3 is 14.8 Å². The first kappa shape index (κ1) is 18.0. The Morgan fingerprint density at radius 1 is 0.926 bits per heavy atom. The van der Waals surface area contributed by atoms with E-state index >= 15 is 0 Å². The predicted octanol–water partition coefficient (Wildman–Crippen LogP) is 3.51. The quantitative estimate of drug-likeness (QED) is 0.575. The van der Waals surface area contributed by atoms with Crippen LogP contribution >= 0.6 is 22.6 Å². The summed E-state index contributed by atoms with van der Waals surface area (Å²) in [5, 5.41) is 0.996. The fourth-order valence-corrected chi connectivity index (χ4v) is 3.62. The monoisotopic (exact) mass is 477 g/mol. The van der Waals surface area contributed by atoms with Gasteiger partial charge in [0.2, 0.25) is 0 Å². The number of hydrogen-bond acceptors (Lipinski definition) is 2. The van der Waals surface area contributed by atoms with Crippen molar-refractivity contribution in [1.29, 1.82) is 0 Å². The van der Waals surface area contributed by atoms with E-state index in [9.17, 15) is 14.0 Å². The zero-order valence-corrected chi connectivity index (χ0v) is 16.6. The maximum Gasteiger partial charge on any atom is 0.270 e. The molecule has 3 aromatic rings. The van der Waals surface area contributed by atoms with Gasteiger partial charge in [0, 0.05) is 46.2 Å². The van der Waals surface area contributed by atoms with Crippen molar-refractivity contribution in [2.75, 3.05) is 26.2 Å². The molecule has 1 aliphatic rings. The summed E-state index contributed by atoms with van der Waals surface area (Å²) in [6, 6.07) is 14.1. The van der Waals surface area contributed by atoms with E-state index in [4.69, 9.17) is 0 Å². The van der Waals surface area contributed by atoms with Crippen LogP contribution in [0.4, 0.5) is 4.39 Å². The molecule has 2 aromatic carbocycles. The third-order valence-electron chi connectivity index (χ3n) is 4.78. The largest absolute Gasteiger partial charge is 0.351 e. The number of fused-ring (bicyclic) bond motifs is 1. The number of para-hydroxylation sites is 1. The number of piperazine rings is 1. The highest BCUT2D eigenvalue weighted by atomic mass is 127. The van der Waals surface area contributed by atoms with Gasteiger partial charge in [-0.05, 0) is 52.9 Å². The Hall–Kier alpha value is -2.42. The number of H-pyrrole nitrogens is 1. The van der Waals surface area contributed by atoms with E-state index in [1.165, 1.54) is 6.07 Å². The third kappa shape index (κ3) is 3.55. The Labute approximate surface area is 169 Å². The van der Waals surface area contributed by atoms with E-state index in [2.05, 4.69) is 4.98 Å². The lowest BCUT2D eigenvalue weighted by Crippen LogP contribution is -2.50. The van der Waals surface area contributed by atoms with Gasteiger partial charge in [0.25, 0.3) is 11.8 Å². The van der Waals surface area contributed by atoms with Gasteiger partial charge in [-0.2, -0.15) is 0 Å². The Kier molecular flexibility index (Phi) is 4.86. The molecule has 0 saturated carbocycles. The predicted molar refractivity (Wildman–Crippen MR) is 109 cm³/mol. The van der Waals surface area contributed by atoms with Crippen molar-refractivity contribution in [2.24, 2.45) is 0 Å². The molecule has 7 heteroatoms. The molecule has 0 radical (unpaired) electrons. The molecular weight excluding hydrogens is 460 g/mol. The number of hydrogen-bond donors (Lipinski definition) is 1. The van der Waals surface area contributed by atoms with Gasteiger partial charge in [0.05, 0.1) is 0 Å². The molecule has 1 aromatic heterocycles. The number of aromatic nitrogens is 1. The van der Waals surface area contributed by atoms with Crippen molar-refractivity contribution in [3.05, 3.63) is 69.2 Å². The molecule has 27 heavy (non-hydrogen) atoms. The van der Waals surface area contributed by atoms with Crippen LogP contribution < -0.4 is 0 Å². The number of carbonyl (C=O) groups excluding carboxylic acids is 2. The molecular formula is C20H17FIN3O2. The topological polar surface area (TPSA) is 56.4 Å². The van der Waals surface area contributed by atoms with E-state index in [0.29, 0.717) is 41.0 Å². The number of rotatable bonds is 2. The van der Waals surface area contributed by atoms with Gasteiger partial charge in [-0.25, -0.2) is 4.39 Å². The molecule has 1 fully saturated rings. The van der Waals surface area contributed by atoms with Crippen LogP contribution in [-0.4, -0.2) is 52.8 Å². The molecule has 0 unspecified atom stereocenters. The van der Waals surface area contributed by atoms with Crippen molar-refractivity contribution in [1.82, 2.24) is 14.8 Å². The first-order valence-corrected chi connectivity index (χ1v) is 9.72. The Morgan fingerprint density at radius 2 is 1.59 bits per heavy atom. The van der Waals surface area contributed by atoms with Crippen molar-refractivity contribution >= 4 is 45.3 Å². The molecule has 2 amide bonds. The van der Waals surface area contributed by atoms with E-state index in [-0.39, 0.29) is 11.8 Å². The number of carbonyl (C=O) groups is 2. The fourth-order valence-electron chi connectivity index (χ4n) is 3.28. The second kappa shape index (κ2) is 7.30. The summed E-state index contributed by atoms with van der Waals surface area (Å²) in [6.07, 6.45) is 0. The van der Waals surface area contributed by atoms with Crippen LogP contribution in [0.15, 0.2) is 48.5 Å². The van der Waals surface area contributed by atoms with Crippen LogP contribution in [0.1, 0.15) is 20.8 Å². The summed E-state index contributed by atoms with van der Waals surface area (Å²) < 4.78 is 14.2. The minimum atomic E-state index is -0.394. The maximum atomic E-state index is 13.7. The van der Waals surface area contributed by atoms with Gasteiger partial charge in [0.15, 0.2) is 0 Å². The molecule has 5 nitrogen and oxygen atoms in total. The van der Waals surface area contributed by atoms with Crippen molar-refractivity contribution in [3.8, 4) is 0 Å². The molecule has 138 valence electrons. The second-order valence-electron chi connectivity index (χ2n) is 6.48. The minimum absolute atomic E-state index is 0.0707. The lowest BCUT2D eigenvalue weighted by atomic mass is 10.1. The van der Waals surface area contributed by atoms with Gasteiger partial charge in [-0.15, -0.1) is 0 Å². The molecule has 0 atom stereocenters. The number of amides is 2. The molecule has 2 heterocycles. The van der Waals surface area contributed by atoms with Gasteiger partial charge in [0.1, 0.15) is 11.5 Å². The van der Waals surface area contributed by atoms with E-state index in [1.54, 1.807) is 21.9 Å². The van der Waals surface area contributed by atoms with Crippen LogP contribution in [0.3, 0.4) is 0 Å². The highest BCUT2D eigenvalue weighted by Gasteiger charge is 2.26. The van der Waals surface area contributed by atoms with Crippen LogP contribution in [0, 0.1) is 9.39 Å². The lowest BCUT2D eigenvalue weighted by molar-refractivity contribution is 0.0532. The number of aromatic amines is 1. The molecule has 0 spiro atoms. The molecule has 1 N–H and O–H groups in total. The summed E-state index contributed by atoms with van der Waals surface area (Å²) in [4.78, 5) is 31.9. The first-order valence-electron chi connectivity index (χ1n) is 8.64. The molecule has 1 aliphatic heterocycles. The highest BCUT2D eigenvalue weighted by molar-refractivity contribution is 14.1. The SMILES string of the molecule is O=C(c1ccc(I)c(F)c1)N1CCN(C(=O)c2cc3ccccc3[nH]2)CC1. The normalized spacial score (nSPS) is 14.6. The third-order valence-corrected chi connectivity index (χ3v) is 5.66. The molecule has 0 bridgehead atoms. The van der Waals surface area contributed by atoms with Crippen molar-refractivity contribution in [3.63, 3.8) is 0 Å². The average Bonchev–Trinajstić information content (AvgIpc) is 3.13. The van der Waals surface area contributed by atoms with Gasteiger partial charge in [-0.3, -0.25) is 9.59 Å². The highest BCUT2D eigenvalue weighted by Crippen LogP contribution is 2.18. The second-order valence-corrected chi connectivity index (χ2v) is 7.65. The first-order chi connectivity index (χ1) is 13.0. The zero-order chi connectivity index (χ0) is 19.0. The van der Waals surface area contributed by atoms with Crippen LogP contribution in [0.2, 0.25) is 0 Å². The number of nitrogens with one attached hydrogen (secondary N) is 1. The van der Waals surface area contributed by atoms with Crippen molar-refractivity contribution in [2.45, 2.75) is 0 Å². The molecule has 0 aliphatic carbocycles. The van der Waals surface area contributed by atoms with Crippen LogP contribution in [0.5, 0.6) is 0 Å². The smallest absolute Gasteiger partial charge is 0.270 e. The standard InChI is InChI=1S/C20H17FIN3O2/c21-15-11-14(5-6-16(15)22)19(26)24-7-9-25(10-8-24)20(27)18-12-13-3-1-2-4-17(13)23-18/h1-6,11-12,23H,7-10H2. The summed E-state index contributed by atoms with van der Waals surface area (Å²) >= 11 is 1.89.